The first-order valence-corrected chi connectivity index (χ1v) is 6.24. The molecule has 1 heterocycles. The zero-order valence-corrected chi connectivity index (χ0v) is 11.3. The fourth-order valence-corrected chi connectivity index (χ4v) is 2.27. The number of non-ortho nitro benzene ring substituents is 1. The third kappa shape index (κ3) is 3.00. The molecule has 21 heavy (non-hydrogen) atoms. The van der Waals surface area contributed by atoms with E-state index in [1.54, 1.807) is 0 Å². The Balaban J connectivity index is 2.21. The first kappa shape index (κ1) is 14.9. The number of likely N-dealkylation sites (N-methyl/N-ethyl adjacent to an activating group) is 1. The van der Waals surface area contributed by atoms with E-state index in [1.165, 1.54) is 36.2 Å². The van der Waals surface area contributed by atoms with Crippen LogP contribution in [0.4, 0.5) is 5.69 Å². The van der Waals surface area contributed by atoms with E-state index < -0.39 is 28.8 Å². The van der Waals surface area contributed by atoms with Crippen molar-refractivity contribution in [3.8, 4) is 0 Å². The van der Waals surface area contributed by atoms with Crippen LogP contribution in [0, 0.1) is 16.0 Å². The molecule has 1 fully saturated rings. The van der Waals surface area contributed by atoms with Crippen LogP contribution in [0.3, 0.4) is 0 Å². The number of carbonyl (C=O) groups excluding carboxylic acids is 1. The molecular weight excluding hydrogens is 280 g/mol. The van der Waals surface area contributed by atoms with Gasteiger partial charge in [0.15, 0.2) is 0 Å². The zero-order valence-electron chi connectivity index (χ0n) is 11.3. The van der Waals surface area contributed by atoms with Crippen LogP contribution < -0.4 is 0 Å². The minimum atomic E-state index is -1.03. The van der Waals surface area contributed by atoms with Crippen molar-refractivity contribution in [2.45, 2.75) is 6.04 Å². The molecule has 2 unspecified atom stereocenters. The summed E-state index contributed by atoms with van der Waals surface area (Å²) in [6.07, 6.45) is 0. The molecule has 0 bridgehead atoms. The molecule has 1 saturated heterocycles. The molecule has 2 atom stereocenters. The molecule has 0 spiro atoms. The molecular formula is C13H14N2O6. The number of hydrogen-bond acceptors (Lipinski definition) is 5. The van der Waals surface area contributed by atoms with Crippen molar-refractivity contribution in [3.63, 3.8) is 0 Å². The van der Waals surface area contributed by atoms with Crippen molar-refractivity contribution in [3.05, 3.63) is 39.9 Å². The molecule has 0 radical (unpaired) electrons. The monoisotopic (exact) mass is 294 g/mol. The van der Waals surface area contributed by atoms with Crippen molar-refractivity contribution in [1.29, 1.82) is 0 Å². The number of benzene rings is 1. The van der Waals surface area contributed by atoms with Crippen molar-refractivity contribution in [2.75, 3.05) is 20.3 Å². The second kappa shape index (κ2) is 5.88. The standard InChI is InChI=1S/C13H14N2O6/c1-14(11-7-21-6-10(11)13(17)18)12(16)8-3-2-4-9(5-8)15(19)20/h2-5,10-11H,6-7H2,1H3,(H,17,18). The minimum absolute atomic E-state index is 0.0482. The van der Waals surface area contributed by atoms with Gasteiger partial charge in [-0.3, -0.25) is 19.7 Å². The smallest absolute Gasteiger partial charge is 0.311 e. The fourth-order valence-electron chi connectivity index (χ4n) is 2.27. The number of hydrogen-bond donors (Lipinski definition) is 1. The number of ether oxygens (including phenoxy) is 1. The molecule has 1 aromatic rings. The van der Waals surface area contributed by atoms with Gasteiger partial charge in [-0.15, -0.1) is 0 Å². The number of carbonyl (C=O) groups is 2. The summed E-state index contributed by atoms with van der Waals surface area (Å²) in [6.45, 7) is 0.181. The third-order valence-corrected chi connectivity index (χ3v) is 3.49. The molecule has 1 aliphatic heterocycles. The number of aliphatic carboxylic acids is 1. The highest BCUT2D eigenvalue weighted by molar-refractivity contribution is 5.95. The van der Waals surface area contributed by atoms with Crippen molar-refractivity contribution < 1.29 is 24.4 Å². The first-order chi connectivity index (χ1) is 9.91. The number of nitrogens with zero attached hydrogens (tertiary/aromatic N) is 2. The van der Waals surface area contributed by atoms with Crippen LogP contribution >= 0.6 is 0 Å². The van der Waals surface area contributed by atoms with Crippen LogP contribution in [0.5, 0.6) is 0 Å². The quantitative estimate of drug-likeness (QED) is 0.648. The number of nitro groups is 1. The summed E-state index contributed by atoms with van der Waals surface area (Å²) in [7, 11) is 1.47. The van der Waals surface area contributed by atoms with E-state index in [0.717, 1.165) is 0 Å². The van der Waals surface area contributed by atoms with Crippen LogP contribution in [0.25, 0.3) is 0 Å². The highest BCUT2D eigenvalue weighted by Crippen LogP contribution is 2.22. The molecule has 8 nitrogen and oxygen atoms in total. The summed E-state index contributed by atoms with van der Waals surface area (Å²) in [5.74, 6) is -2.30. The Labute approximate surface area is 120 Å². The molecule has 0 aliphatic carbocycles. The third-order valence-electron chi connectivity index (χ3n) is 3.49. The van der Waals surface area contributed by atoms with Crippen LogP contribution in [0.15, 0.2) is 24.3 Å². The maximum Gasteiger partial charge on any atom is 0.311 e. The zero-order chi connectivity index (χ0) is 15.6. The van der Waals surface area contributed by atoms with Crippen LogP contribution in [0.1, 0.15) is 10.4 Å². The molecule has 1 amide bonds. The lowest BCUT2D eigenvalue weighted by molar-refractivity contribution is -0.384. The Morgan fingerprint density at radius 1 is 1.43 bits per heavy atom. The lowest BCUT2D eigenvalue weighted by Gasteiger charge is -2.26. The normalized spacial score (nSPS) is 21.0. The molecule has 1 aromatic carbocycles. The van der Waals surface area contributed by atoms with Crippen LogP contribution in [-0.4, -0.2) is 53.1 Å². The number of nitro benzene ring substituents is 1. The highest BCUT2D eigenvalue weighted by atomic mass is 16.6. The summed E-state index contributed by atoms with van der Waals surface area (Å²) in [4.78, 5) is 34.8. The SMILES string of the molecule is CN(C(=O)c1cccc([N+](=O)[O-])c1)C1COCC1C(=O)O. The second-order valence-corrected chi connectivity index (χ2v) is 4.77. The van der Waals surface area contributed by atoms with E-state index in [9.17, 15) is 19.7 Å². The van der Waals surface area contributed by atoms with Gasteiger partial charge in [0, 0.05) is 24.7 Å². The summed E-state index contributed by atoms with van der Waals surface area (Å²) in [6, 6.07) is 4.74. The Hall–Kier alpha value is -2.48. The van der Waals surface area contributed by atoms with Gasteiger partial charge in [-0.05, 0) is 6.07 Å². The summed E-state index contributed by atoms with van der Waals surface area (Å²) in [5, 5.41) is 19.8. The molecule has 1 aliphatic rings. The van der Waals surface area contributed by atoms with Crippen LogP contribution in [-0.2, 0) is 9.53 Å². The lowest BCUT2D eigenvalue weighted by Crippen LogP contribution is -2.44. The maximum absolute atomic E-state index is 12.3. The Bertz CT molecular complexity index is 588. The number of carboxylic acid groups (broad SMARTS) is 1. The first-order valence-electron chi connectivity index (χ1n) is 6.24. The van der Waals surface area contributed by atoms with E-state index in [1.807, 2.05) is 0 Å². The van der Waals surface area contributed by atoms with Crippen molar-refractivity contribution in [1.82, 2.24) is 4.90 Å². The molecule has 0 saturated carbocycles. The number of carboxylic acids is 1. The predicted octanol–water partition coefficient (Wildman–Crippen LogP) is 0.766. The van der Waals surface area contributed by atoms with Gasteiger partial charge in [-0.2, -0.15) is 0 Å². The number of rotatable bonds is 4. The van der Waals surface area contributed by atoms with Gasteiger partial charge in [0.1, 0.15) is 5.92 Å². The summed E-state index contributed by atoms with van der Waals surface area (Å²) < 4.78 is 5.12. The van der Waals surface area contributed by atoms with Gasteiger partial charge < -0.3 is 14.7 Å². The fraction of sp³-hybridized carbons (Fsp3) is 0.385. The summed E-state index contributed by atoms with van der Waals surface area (Å²) >= 11 is 0. The summed E-state index contributed by atoms with van der Waals surface area (Å²) in [5.41, 5.74) is -0.0468. The second-order valence-electron chi connectivity index (χ2n) is 4.77. The maximum atomic E-state index is 12.3. The largest absolute Gasteiger partial charge is 0.481 e. The van der Waals surface area contributed by atoms with Crippen molar-refractivity contribution >= 4 is 17.6 Å². The predicted molar refractivity (Wildman–Crippen MR) is 70.9 cm³/mol. The van der Waals surface area contributed by atoms with Crippen molar-refractivity contribution in [2.24, 2.45) is 5.92 Å². The van der Waals surface area contributed by atoms with E-state index in [0.29, 0.717) is 0 Å². The van der Waals surface area contributed by atoms with Crippen LogP contribution in [0.2, 0.25) is 0 Å². The Morgan fingerprint density at radius 2 is 2.14 bits per heavy atom. The lowest BCUT2D eigenvalue weighted by atomic mass is 10.0. The van der Waals surface area contributed by atoms with E-state index in [-0.39, 0.29) is 24.5 Å². The highest BCUT2D eigenvalue weighted by Gasteiger charge is 2.38. The Morgan fingerprint density at radius 3 is 2.76 bits per heavy atom. The van der Waals surface area contributed by atoms with Gasteiger partial charge in [0.05, 0.1) is 24.2 Å². The molecule has 0 aromatic heterocycles. The minimum Gasteiger partial charge on any atom is -0.481 e. The van der Waals surface area contributed by atoms with Gasteiger partial charge in [0.25, 0.3) is 11.6 Å². The average Bonchev–Trinajstić information content (AvgIpc) is 2.95. The van der Waals surface area contributed by atoms with E-state index in [2.05, 4.69) is 0 Å². The van der Waals surface area contributed by atoms with E-state index >= 15 is 0 Å². The molecule has 1 N–H and O–H groups in total. The van der Waals surface area contributed by atoms with Gasteiger partial charge >= 0.3 is 5.97 Å². The molecule has 112 valence electrons. The average molecular weight is 294 g/mol. The number of amides is 1. The molecule has 2 rings (SSSR count). The Kier molecular flexibility index (Phi) is 4.18. The van der Waals surface area contributed by atoms with Gasteiger partial charge in [-0.1, -0.05) is 6.07 Å². The van der Waals surface area contributed by atoms with Gasteiger partial charge in [-0.25, -0.2) is 0 Å². The van der Waals surface area contributed by atoms with E-state index in [4.69, 9.17) is 9.84 Å². The molecule has 8 heteroatoms. The van der Waals surface area contributed by atoms with Gasteiger partial charge in [0.2, 0.25) is 0 Å². The topological polar surface area (TPSA) is 110 Å².